The Hall–Kier alpha value is -2.79. The van der Waals surface area contributed by atoms with Crippen molar-refractivity contribution in [3.63, 3.8) is 0 Å². The molecule has 1 aromatic carbocycles. The minimum Gasteiger partial charge on any atom is -0.512 e. The SMILES string of the molecule is CC/C(=C\C(=C(\O)CC)C1C=C(CCN)C=CC1)Oc1ccccc1CC(=O)O. The summed E-state index contributed by atoms with van der Waals surface area (Å²) in [6, 6.07) is 7.15. The molecule has 1 unspecified atom stereocenters. The summed E-state index contributed by atoms with van der Waals surface area (Å²) in [6.45, 7) is 4.48. The van der Waals surface area contributed by atoms with Gasteiger partial charge in [-0.25, -0.2) is 0 Å². The number of carboxylic acids is 1. The van der Waals surface area contributed by atoms with Gasteiger partial charge in [-0.05, 0) is 31.5 Å². The number of ether oxygens (including phenoxy) is 1. The molecule has 0 spiro atoms. The van der Waals surface area contributed by atoms with E-state index in [9.17, 15) is 9.90 Å². The van der Waals surface area contributed by atoms with Gasteiger partial charge in [0.1, 0.15) is 11.5 Å². The van der Waals surface area contributed by atoms with Crippen molar-refractivity contribution in [2.24, 2.45) is 11.7 Å². The third-order valence-corrected chi connectivity index (χ3v) is 4.86. The number of benzene rings is 1. The van der Waals surface area contributed by atoms with E-state index in [1.807, 2.05) is 26.0 Å². The van der Waals surface area contributed by atoms with Crippen LogP contribution >= 0.6 is 0 Å². The van der Waals surface area contributed by atoms with Gasteiger partial charge in [0.15, 0.2) is 0 Å². The standard InChI is InChI=1S/C24H31NO4/c1-3-20(29-23-11-6-5-9-19(23)15-24(27)28)16-21(22(26)4-2)18-10-7-8-17(14-18)12-13-25/h5-9,11,14,16,18,26H,3-4,10,12-13,15,25H2,1-2H3,(H,27,28)/b20-16+,22-21-. The molecule has 1 aliphatic rings. The van der Waals surface area contributed by atoms with E-state index in [4.69, 9.17) is 15.6 Å². The van der Waals surface area contributed by atoms with E-state index in [0.29, 0.717) is 42.2 Å². The first-order valence-electron chi connectivity index (χ1n) is 10.2. The first-order valence-corrected chi connectivity index (χ1v) is 10.2. The van der Waals surface area contributed by atoms with E-state index in [1.54, 1.807) is 18.2 Å². The molecule has 4 N–H and O–H groups in total. The van der Waals surface area contributed by atoms with Crippen LogP contribution in [0.2, 0.25) is 0 Å². The van der Waals surface area contributed by atoms with E-state index in [2.05, 4.69) is 18.2 Å². The van der Waals surface area contributed by atoms with Gasteiger partial charge in [0.25, 0.3) is 0 Å². The fourth-order valence-corrected chi connectivity index (χ4v) is 3.34. The van der Waals surface area contributed by atoms with Crippen molar-refractivity contribution in [1.82, 2.24) is 0 Å². The molecule has 29 heavy (non-hydrogen) atoms. The molecule has 2 rings (SSSR count). The highest BCUT2D eigenvalue weighted by Gasteiger charge is 2.18. The van der Waals surface area contributed by atoms with Crippen LogP contribution < -0.4 is 10.5 Å². The van der Waals surface area contributed by atoms with E-state index < -0.39 is 5.97 Å². The smallest absolute Gasteiger partial charge is 0.307 e. The summed E-state index contributed by atoms with van der Waals surface area (Å²) in [5.41, 5.74) is 8.32. The Morgan fingerprint density at radius 2 is 2.00 bits per heavy atom. The molecule has 0 fully saturated rings. The summed E-state index contributed by atoms with van der Waals surface area (Å²) in [7, 11) is 0. The Morgan fingerprint density at radius 3 is 2.66 bits per heavy atom. The number of hydrogen-bond donors (Lipinski definition) is 3. The van der Waals surface area contributed by atoms with Crippen LogP contribution in [0.3, 0.4) is 0 Å². The molecule has 0 bridgehead atoms. The number of carboxylic acid groups (broad SMARTS) is 1. The topological polar surface area (TPSA) is 92.8 Å². The summed E-state index contributed by atoms with van der Waals surface area (Å²) >= 11 is 0. The van der Waals surface area contributed by atoms with Crippen LogP contribution in [0, 0.1) is 5.92 Å². The maximum absolute atomic E-state index is 11.1. The summed E-state index contributed by atoms with van der Waals surface area (Å²) in [6.07, 6.45) is 10.9. The Kier molecular flexibility index (Phi) is 8.74. The Balaban J connectivity index is 2.35. The van der Waals surface area contributed by atoms with Crippen molar-refractivity contribution >= 4 is 5.97 Å². The van der Waals surface area contributed by atoms with Gasteiger partial charge in [0.05, 0.1) is 12.2 Å². The Bertz CT molecular complexity index is 833. The van der Waals surface area contributed by atoms with Crippen molar-refractivity contribution in [3.05, 3.63) is 76.8 Å². The van der Waals surface area contributed by atoms with Crippen molar-refractivity contribution in [2.75, 3.05) is 6.54 Å². The lowest BCUT2D eigenvalue weighted by molar-refractivity contribution is -0.136. The second-order valence-electron chi connectivity index (χ2n) is 7.02. The molecule has 1 aromatic rings. The first-order chi connectivity index (χ1) is 14.0. The molecule has 0 amide bonds. The molecule has 1 aliphatic carbocycles. The lowest BCUT2D eigenvalue weighted by Crippen LogP contribution is -2.10. The van der Waals surface area contributed by atoms with E-state index in [1.165, 1.54) is 5.57 Å². The first kappa shape index (κ1) is 22.5. The number of aliphatic hydroxyl groups excluding tert-OH is 1. The van der Waals surface area contributed by atoms with Gasteiger partial charge in [-0.1, -0.05) is 55.8 Å². The van der Waals surface area contributed by atoms with Gasteiger partial charge in [-0.2, -0.15) is 0 Å². The van der Waals surface area contributed by atoms with Crippen molar-refractivity contribution in [3.8, 4) is 5.75 Å². The minimum atomic E-state index is -0.904. The molecular formula is C24H31NO4. The lowest BCUT2D eigenvalue weighted by Gasteiger charge is -2.21. The predicted molar refractivity (Wildman–Crippen MR) is 116 cm³/mol. The fourth-order valence-electron chi connectivity index (χ4n) is 3.34. The van der Waals surface area contributed by atoms with Crippen LogP contribution in [0.25, 0.3) is 0 Å². The van der Waals surface area contributed by atoms with Crippen LogP contribution in [0.1, 0.15) is 45.1 Å². The number of para-hydroxylation sites is 1. The molecule has 0 saturated carbocycles. The number of aliphatic hydroxyl groups is 1. The van der Waals surface area contributed by atoms with Crippen LogP contribution in [0.5, 0.6) is 5.75 Å². The molecule has 0 heterocycles. The van der Waals surface area contributed by atoms with Gasteiger partial charge in [-0.15, -0.1) is 0 Å². The number of rotatable bonds is 10. The van der Waals surface area contributed by atoms with Crippen LogP contribution in [-0.4, -0.2) is 22.7 Å². The molecule has 0 aliphatic heterocycles. The van der Waals surface area contributed by atoms with Gasteiger partial charge in [0.2, 0.25) is 0 Å². The Morgan fingerprint density at radius 1 is 1.24 bits per heavy atom. The third kappa shape index (κ3) is 6.64. The number of hydrogen-bond acceptors (Lipinski definition) is 4. The van der Waals surface area contributed by atoms with E-state index in [-0.39, 0.29) is 12.3 Å². The molecule has 1 atom stereocenters. The van der Waals surface area contributed by atoms with E-state index in [0.717, 1.165) is 18.4 Å². The van der Waals surface area contributed by atoms with Gasteiger partial charge in [-0.3, -0.25) is 4.79 Å². The second-order valence-corrected chi connectivity index (χ2v) is 7.02. The summed E-state index contributed by atoms with van der Waals surface area (Å²) in [4.78, 5) is 11.1. The predicted octanol–water partition coefficient (Wildman–Crippen LogP) is 5.06. The highest BCUT2D eigenvalue weighted by Crippen LogP contribution is 2.31. The third-order valence-electron chi connectivity index (χ3n) is 4.86. The quantitative estimate of drug-likeness (QED) is 0.379. The fraction of sp³-hybridized carbons (Fsp3) is 0.375. The molecule has 0 aromatic heterocycles. The maximum atomic E-state index is 11.1. The van der Waals surface area contributed by atoms with Gasteiger partial charge in [0, 0.05) is 29.9 Å². The van der Waals surface area contributed by atoms with Crippen molar-refractivity contribution < 1.29 is 19.7 Å². The number of nitrogens with two attached hydrogens (primary N) is 1. The number of allylic oxidation sites excluding steroid dienone is 7. The number of aliphatic carboxylic acids is 1. The highest BCUT2D eigenvalue weighted by molar-refractivity contribution is 5.71. The van der Waals surface area contributed by atoms with E-state index >= 15 is 0 Å². The van der Waals surface area contributed by atoms with Gasteiger partial charge < -0.3 is 20.7 Å². The number of carbonyl (C=O) groups is 1. The summed E-state index contributed by atoms with van der Waals surface area (Å²) < 4.78 is 6.08. The average molecular weight is 398 g/mol. The lowest BCUT2D eigenvalue weighted by atomic mass is 9.87. The summed E-state index contributed by atoms with van der Waals surface area (Å²) in [5.74, 6) is 0.698. The van der Waals surface area contributed by atoms with Crippen LogP contribution in [0.15, 0.2) is 71.2 Å². The zero-order chi connectivity index (χ0) is 21.2. The Labute approximate surface area is 172 Å². The van der Waals surface area contributed by atoms with Crippen LogP contribution in [-0.2, 0) is 11.2 Å². The highest BCUT2D eigenvalue weighted by atomic mass is 16.5. The minimum absolute atomic E-state index is 0.0564. The average Bonchev–Trinajstić information content (AvgIpc) is 2.71. The summed E-state index contributed by atoms with van der Waals surface area (Å²) in [5, 5.41) is 19.7. The molecule has 0 radical (unpaired) electrons. The van der Waals surface area contributed by atoms with Crippen molar-refractivity contribution in [2.45, 2.75) is 46.0 Å². The molecule has 0 saturated heterocycles. The second kappa shape index (κ2) is 11.3. The van der Waals surface area contributed by atoms with Crippen molar-refractivity contribution in [1.29, 1.82) is 0 Å². The molecule has 5 nitrogen and oxygen atoms in total. The van der Waals surface area contributed by atoms with Crippen LogP contribution in [0.4, 0.5) is 0 Å². The maximum Gasteiger partial charge on any atom is 0.307 e. The zero-order valence-corrected chi connectivity index (χ0v) is 17.2. The molecule has 5 heteroatoms. The molecule has 156 valence electrons. The zero-order valence-electron chi connectivity index (χ0n) is 17.2. The van der Waals surface area contributed by atoms with Gasteiger partial charge >= 0.3 is 5.97 Å². The molecular weight excluding hydrogens is 366 g/mol. The largest absolute Gasteiger partial charge is 0.512 e. The normalized spacial score (nSPS) is 17.6. The monoisotopic (exact) mass is 397 g/mol.